The van der Waals surface area contributed by atoms with Crippen molar-refractivity contribution in [2.45, 2.75) is 45.3 Å². The maximum Gasteiger partial charge on any atom is 0.116 e. The third-order valence-corrected chi connectivity index (χ3v) is 3.60. The Morgan fingerprint density at radius 3 is 2.68 bits per heavy atom. The molecule has 0 spiro atoms. The molecule has 0 saturated carbocycles. The SMILES string of the molecule is CC(C)NC(C)(C#N)CN1CCc2ccccc2C1. The smallest absolute Gasteiger partial charge is 0.116 e. The molecular formula is C16H23N3. The number of hydrogen-bond donors (Lipinski definition) is 1. The zero-order valence-corrected chi connectivity index (χ0v) is 12.1. The summed E-state index contributed by atoms with van der Waals surface area (Å²) < 4.78 is 0. The molecule has 3 heteroatoms. The number of rotatable bonds is 4. The first-order valence-corrected chi connectivity index (χ1v) is 7.00. The molecule has 1 atom stereocenters. The lowest BCUT2D eigenvalue weighted by atomic mass is 9.96. The highest BCUT2D eigenvalue weighted by Crippen LogP contribution is 2.20. The number of benzene rings is 1. The summed E-state index contributed by atoms with van der Waals surface area (Å²) in [4.78, 5) is 2.38. The lowest BCUT2D eigenvalue weighted by Gasteiger charge is -2.35. The van der Waals surface area contributed by atoms with Crippen molar-refractivity contribution in [1.29, 1.82) is 5.26 Å². The van der Waals surface area contributed by atoms with Gasteiger partial charge in [-0.25, -0.2) is 0 Å². The second-order valence-electron chi connectivity index (χ2n) is 5.97. The minimum Gasteiger partial charge on any atom is -0.296 e. The lowest BCUT2D eigenvalue weighted by Crippen LogP contribution is -2.53. The molecule has 19 heavy (non-hydrogen) atoms. The predicted octanol–water partition coefficient (Wildman–Crippen LogP) is 2.32. The van der Waals surface area contributed by atoms with E-state index in [1.807, 2.05) is 6.92 Å². The zero-order valence-electron chi connectivity index (χ0n) is 12.1. The maximum atomic E-state index is 9.42. The summed E-state index contributed by atoms with van der Waals surface area (Å²) in [7, 11) is 0. The van der Waals surface area contributed by atoms with Crippen LogP contribution in [0.3, 0.4) is 0 Å². The van der Waals surface area contributed by atoms with E-state index in [1.54, 1.807) is 0 Å². The number of hydrogen-bond acceptors (Lipinski definition) is 3. The molecule has 102 valence electrons. The van der Waals surface area contributed by atoms with Crippen LogP contribution in [0.2, 0.25) is 0 Å². The van der Waals surface area contributed by atoms with Crippen molar-refractivity contribution >= 4 is 0 Å². The summed E-state index contributed by atoms with van der Waals surface area (Å²) in [6.07, 6.45) is 1.08. The third-order valence-electron chi connectivity index (χ3n) is 3.60. The van der Waals surface area contributed by atoms with Gasteiger partial charge < -0.3 is 0 Å². The topological polar surface area (TPSA) is 39.1 Å². The molecule has 1 aliphatic heterocycles. The van der Waals surface area contributed by atoms with Crippen molar-refractivity contribution in [2.75, 3.05) is 13.1 Å². The Labute approximate surface area is 116 Å². The summed E-state index contributed by atoms with van der Waals surface area (Å²) in [5, 5.41) is 12.8. The van der Waals surface area contributed by atoms with Crippen LogP contribution in [-0.2, 0) is 13.0 Å². The van der Waals surface area contributed by atoms with Crippen LogP contribution in [0.5, 0.6) is 0 Å². The van der Waals surface area contributed by atoms with Gasteiger partial charge in [-0.15, -0.1) is 0 Å². The number of nitrogens with one attached hydrogen (secondary N) is 1. The molecule has 3 nitrogen and oxygen atoms in total. The Bertz CT molecular complexity index is 475. The van der Waals surface area contributed by atoms with E-state index in [0.29, 0.717) is 6.04 Å². The van der Waals surface area contributed by atoms with E-state index in [-0.39, 0.29) is 0 Å². The van der Waals surface area contributed by atoms with E-state index in [4.69, 9.17) is 0 Å². The monoisotopic (exact) mass is 257 g/mol. The van der Waals surface area contributed by atoms with Crippen LogP contribution in [0.1, 0.15) is 31.9 Å². The van der Waals surface area contributed by atoms with Gasteiger partial charge in [0.1, 0.15) is 5.54 Å². The Kier molecular flexibility index (Phi) is 4.24. The largest absolute Gasteiger partial charge is 0.296 e. The van der Waals surface area contributed by atoms with Gasteiger partial charge in [-0.3, -0.25) is 10.2 Å². The van der Waals surface area contributed by atoms with E-state index in [9.17, 15) is 5.26 Å². The van der Waals surface area contributed by atoms with Gasteiger partial charge in [0.05, 0.1) is 6.07 Å². The first kappa shape index (κ1) is 14.0. The second kappa shape index (κ2) is 5.73. The molecule has 1 heterocycles. The van der Waals surface area contributed by atoms with Gasteiger partial charge in [-0.05, 0) is 38.3 Å². The van der Waals surface area contributed by atoms with Crippen molar-refractivity contribution in [3.05, 3.63) is 35.4 Å². The number of fused-ring (bicyclic) bond motifs is 1. The van der Waals surface area contributed by atoms with Crippen LogP contribution in [0, 0.1) is 11.3 Å². The summed E-state index contributed by atoms with van der Waals surface area (Å²) in [5.74, 6) is 0. The maximum absolute atomic E-state index is 9.42. The molecule has 1 aromatic rings. The van der Waals surface area contributed by atoms with Gasteiger partial charge in [0.25, 0.3) is 0 Å². The summed E-state index contributed by atoms with van der Waals surface area (Å²) in [5.41, 5.74) is 2.38. The van der Waals surface area contributed by atoms with Crippen molar-refractivity contribution in [2.24, 2.45) is 0 Å². The molecule has 1 N–H and O–H groups in total. The van der Waals surface area contributed by atoms with Crippen LogP contribution in [0.4, 0.5) is 0 Å². The molecule has 2 rings (SSSR count). The molecule has 1 unspecified atom stereocenters. The lowest BCUT2D eigenvalue weighted by molar-refractivity contribution is 0.198. The van der Waals surface area contributed by atoms with Gasteiger partial charge in [0, 0.05) is 25.7 Å². The van der Waals surface area contributed by atoms with Gasteiger partial charge in [-0.2, -0.15) is 5.26 Å². The van der Waals surface area contributed by atoms with Crippen LogP contribution in [0.25, 0.3) is 0 Å². The van der Waals surface area contributed by atoms with Crippen LogP contribution in [0.15, 0.2) is 24.3 Å². The minimum absolute atomic E-state index is 0.321. The fraction of sp³-hybridized carbons (Fsp3) is 0.562. The molecule has 0 amide bonds. The van der Waals surface area contributed by atoms with Crippen molar-refractivity contribution < 1.29 is 0 Å². The molecule has 0 aromatic heterocycles. The summed E-state index contributed by atoms with van der Waals surface area (Å²) in [6, 6.07) is 11.4. The van der Waals surface area contributed by atoms with Gasteiger partial charge in [0.15, 0.2) is 0 Å². The molecule has 0 radical (unpaired) electrons. The van der Waals surface area contributed by atoms with E-state index >= 15 is 0 Å². The minimum atomic E-state index is -0.472. The highest BCUT2D eigenvalue weighted by Gasteiger charge is 2.28. The second-order valence-corrected chi connectivity index (χ2v) is 5.97. The first-order valence-electron chi connectivity index (χ1n) is 7.00. The molecule has 1 aliphatic rings. The average Bonchev–Trinajstić information content (AvgIpc) is 2.37. The van der Waals surface area contributed by atoms with Gasteiger partial charge in [-0.1, -0.05) is 24.3 Å². The van der Waals surface area contributed by atoms with E-state index in [1.165, 1.54) is 11.1 Å². The van der Waals surface area contributed by atoms with Gasteiger partial charge in [0.2, 0.25) is 0 Å². The Morgan fingerprint density at radius 2 is 2.05 bits per heavy atom. The van der Waals surface area contributed by atoms with E-state index in [2.05, 4.69) is 54.4 Å². The molecular weight excluding hydrogens is 234 g/mol. The van der Waals surface area contributed by atoms with Crippen LogP contribution in [-0.4, -0.2) is 29.6 Å². The van der Waals surface area contributed by atoms with Crippen molar-refractivity contribution in [1.82, 2.24) is 10.2 Å². The highest BCUT2D eigenvalue weighted by molar-refractivity contribution is 5.29. The zero-order chi connectivity index (χ0) is 13.9. The Hall–Kier alpha value is -1.37. The van der Waals surface area contributed by atoms with Crippen LogP contribution < -0.4 is 5.32 Å². The quantitative estimate of drug-likeness (QED) is 0.899. The van der Waals surface area contributed by atoms with Gasteiger partial charge >= 0.3 is 0 Å². The fourth-order valence-electron chi connectivity index (χ4n) is 2.89. The number of nitrogens with zero attached hydrogens (tertiary/aromatic N) is 2. The summed E-state index contributed by atoms with van der Waals surface area (Å²) >= 11 is 0. The average molecular weight is 257 g/mol. The van der Waals surface area contributed by atoms with Crippen molar-refractivity contribution in [3.63, 3.8) is 0 Å². The fourth-order valence-corrected chi connectivity index (χ4v) is 2.89. The van der Waals surface area contributed by atoms with Crippen molar-refractivity contribution in [3.8, 4) is 6.07 Å². The standard InChI is InChI=1S/C16H23N3/c1-13(2)18-16(3,11-17)12-19-9-8-14-6-4-5-7-15(14)10-19/h4-7,13,18H,8-10,12H2,1-3H3. The summed E-state index contributed by atoms with van der Waals surface area (Å²) in [6.45, 7) is 8.92. The predicted molar refractivity (Wildman–Crippen MR) is 77.7 cm³/mol. The Balaban J connectivity index is 2.04. The normalized spacial score (nSPS) is 18.7. The first-order chi connectivity index (χ1) is 9.02. The molecule has 1 aromatic carbocycles. The molecule has 0 aliphatic carbocycles. The molecule has 0 fully saturated rings. The van der Waals surface area contributed by atoms with E-state index < -0.39 is 5.54 Å². The third kappa shape index (κ3) is 3.56. The van der Waals surface area contributed by atoms with E-state index in [0.717, 1.165) is 26.1 Å². The highest BCUT2D eigenvalue weighted by atomic mass is 15.2. The van der Waals surface area contributed by atoms with Crippen LogP contribution >= 0.6 is 0 Å². The molecule has 0 saturated heterocycles. The Morgan fingerprint density at radius 1 is 1.37 bits per heavy atom. The number of nitriles is 1. The molecule has 0 bridgehead atoms.